The number of likely N-dealkylation sites (tertiary alicyclic amines) is 1. The number of hydrogen-bond donors (Lipinski definition) is 0. The zero-order valence-corrected chi connectivity index (χ0v) is 15.3. The van der Waals surface area contributed by atoms with Crippen LogP contribution in [0.5, 0.6) is 17.2 Å². The van der Waals surface area contributed by atoms with Crippen LogP contribution in [0.25, 0.3) is 0 Å². The van der Waals surface area contributed by atoms with Gasteiger partial charge in [-0.15, -0.1) is 0 Å². The van der Waals surface area contributed by atoms with Crippen LogP contribution in [0.1, 0.15) is 12.0 Å². The standard InChI is InChI=1S/C15H20ClNO6S/c1-21-11-5-13(22-2)12(14(6-11)23-3)8-17-7-10(4-15(17)18)9-24(16,19)20/h5-6,10H,4,7-9H2,1-3H3. The van der Waals surface area contributed by atoms with Crippen LogP contribution < -0.4 is 14.2 Å². The molecule has 0 aliphatic carbocycles. The highest BCUT2D eigenvalue weighted by atomic mass is 35.7. The van der Waals surface area contributed by atoms with Gasteiger partial charge < -0.3 is 19.1 Å². The molecule has 1 amide bonds. The van der Waals surface area contributed by atoms with Crippen molar-refractivity contribution >= 4 is 25.6 Å². The van der Waals surface area contributed by atoms with E-state index in [1.807, 2.05) is 0 Å². The second kappa shape index (κ2) is 7.48. The number of methoxy groups -OCH3 is 3. The smallest absolute Gasteiger partial charge is 0.232 e. The Balaban J connectivity index is 2.23. The first-order valence-electron chi connectivity index (χ1n) is 7.26. The third kappa shape index (κ3) is 4.45. The number of carbonyl (C=O) groups is 1. The van der Waals surface area contributed by atoms with Gasteiger partial charge in [-0.3, -0.25) is 4.79 Å². The third-order valence-corrected chi connectivity index (χ3v) is 5.14. The van der Waals surface area contributed by atoms with E-state index in [-0.39, 0.29) is 30.5 Å². The fourth-order valence-electron chi connectivity index (χ4n) is 2.82. The molecule has 1 heterocycles. The van der Waals surface area contributed by atoms with Gasteiger partial charge in [-0.2, -0.15) is 0 Å². The van der Waals surface area contributed by atoms with Crippen LogP contribution in [0.15, 0.2) is 12.1 Å². The Morgan fingerprint density at radius 3 is 2.21 bits per heavy atom. The van der Waals surface area contributed by atoms with Crippen molar-refractivity contribution in [2.75, 3.05) is 33.6 Å². The Morgan fingerprint density at radius 2 is 1.75 bits per heavy atom. The van der Waals surface area contributed by atoms with Gasteiger partial charge in [0.05, 0.1) is 39.2 Å². The van der Waals surface area contributed by atoms with Gasteiger partial charge in [-0.25, -0.2) is 8.42 Å². The fraction of sp³-hybridized carbons (Fsp3) is 0.533. The second-order valence-corrected chi connectivity index (χ2v) is 8.38. The van der Waals surface area contributed by atoms with E-state index < -0.39 is 9.05 Å². The molecule has 0 radical (unpaired) electrons. The maximum atomic E-state index is 12.2. The Bertz CT molecular complexity index is 696. The van der Waals surface area contributed by atoms with Crippen molar-refractivity contribution in [3.63, 3.8) is 0 Å². The van der Waals surface area contributed by atoms with Crippen molar-refractivity contribution in [1.82, 2.24) is 4.90 Å². The average Bonchev–Trinajstić information content (AvgIpc) is 2.84. The summed E-state index contributed by atoms with van der Waals surface area (Å²) >= 11 is 0. The Kier molecular flexibility index (Phi) is 5.82. The van der Waals surface area contributed by atoms with Crippen LogP contribution in [-0.2, 0) is 20.4 Å². The van der Waals surface area contributed by atoms with Crippen molar-refractivity contribution < 1.29 is 27.4 Å². The van der Waals surface area contributed by atoms with E-state index >= 15 is 0 Å². The summed E-state index contributed by atoms with van der Waals surface area (Å²) in [6.07, 6.45) is 0.159. The summed E-state index contributed by atoms with van der Waals surface area (Å²) in [5.74, 6) is 0.995. The molecule has 9 heteroatoms. The molecule has 0 saturated carbocycles. The number of nitrogens with zero attached hydrogens (tertiary/aromatic N) is 1. The highest BCUT2D eigenvalue weighted by molar-refractivity contribution is 8.13. The zero-order valence-electron chi connectivity index (χ0n) is 13.7. The molecule has 1 fully saturated rings. The molecule has 1 atom stereocenters. The number of benzene rings is 1. The quantitative estimate of drug-likeness (QED) is 0.672. The molecule has 0 N–H and O–H groups in total. The molecule has 1 unspecified atom stereocenters. The van der Waals surface area contributed by atoms with Crippen molar-refractivity contribution in [1.29, 1.82) is 0 Å². The molecule has 24 heavy (non-hydrogen) atoms. The third-order valence-electron chi connectivity index (χ3n) is 3.90. The number of ether oxygens (including phenoxy) is 3. The number of carbonyl (C=O) groups excluding carboxylic acids is 1. The van der Waals surface area contributed by atoms with E-state index in [0.717, 1.165) is 0 Å². The van der Waals surface area contributed by atoms with E-state index in [1.54, 1.807) is 17.0 Å². The Labute approximate surface area is 145 Å². The highest BCUT2D eigenvalue weighted by Gasteiger charge is 2.33. The minimum atomic E-state index is -3.63. The SMILES string of the molecule is COc1cc(OC)c(CN2CC(CS(=O)(=O)Cl)CC2=O)c(OC)c1. The molecular weight excluding hydrogens is 358 g/mol. The molecule has 1 aromatic rings. The van der Waals surface area contributed by atoms with Crippen LogP contribution in [0.3, 0.4) is 0 Å². The number of hydrogen-bond acceptors (Lipinski definition) is 6. The zero-order chi connectivity index (χ0) is 17.9. The van der Waals surface area contributed by atoms with E-state index in [1.165, 1.54) is 21.3 Å². The van der Waals surface area contributed by atoms with Crippen LogP contribution >= 0.6 is 10.7 Å². The molecule has 0 bridgehead atoms. The van der Waals surface area contributed by atoms with Gasteiger partial charge >= 0.3 is 0 Å². The fourth-order valence-corrected chi connectivity index (χ4v) is 4.15. The summed E-state index contributed by atoms with van der Waals surface area (Å²) in [4.78, 5) is 13.8. The molecule has 0 aromatic heterocycles. The summed E-state index contributed by atoms with van der Waals surface area (Å²) in [5, 5.41) is 0. The Hall–Kier alpha value is -1.67. The number of amides is 1. The minimum absolute atomic E-state index is 0.125. The maximum absolute atomic E-state index is 12.2. The van der Waals surface area contributed by atoms with E-state index in [0.29, 0.717) is 29.4 Å². The molecular formula is C15H20ClNO6S. The number of halogens is 1. The lowest BCUT2D eigenvalue weighted by molar-refractivity contribution is -0.128. The van der Waals surface area contributed by atoms with Crippen LogP contribution in [0, 0.1) is 5.92 Å². The lowest BCUT2D eigenvalue weighted by Gasteiger charge is -2.21. The first-order valence-corrected chi connectivity index (χ1v) is 9.74. The maximum Gasteiger partial charge on any atom is 0.232 e. The monoisotopic (exact) mass is 377 g/mol. The van der Waals surface area contributed by atoms with Gasteiger partial charge in [0.25, 0.3) is 0 Å². The predicted octanol–water partition coefficient (Wildman–Crippen LogP) is 1.63. The molecule has 1 aliphatic heterocycles. The predicted molar refractivity (Wildman–Crippen MR) is 89.3 cm³/mol. The Morgan fingerprint density at radius 1 is 1.17 bits per heavy atom. The van der Waals surface area contributed by atoms with Gasteiger partial charge in [0.1, 0.15) is 17.2 Å². The second-order valence-electron chi connectivity index (χ2n) is 5.56. The first kappa shape index (κ1) is 18.7. The molecule has 7 nitrogen and oxygen atoms in total. The van der Waals surface area contributed by atoms with Crippen LogP contribution in [0.2, 0.25) is 0 Å². The lowest BCUT2D eigenvalue weighted by Crippen LogP contribution is -2.26. The summed E-state index contributed by atoms with van der Waals surface area (Å²) in [5.41, 5.74) is 0.698. The molecule has 1 aromatic carbocycles. The lowest BCUT2D eigenvalue weighted by atomic mass is 10.1. The first-order chi connectivity index (χ1) is 11.3. The van der Waals surface area contributed by atoms with Gasteiger partial charge in [-0.1, -0.05) is 0 Å². The van der Waals surface area contributed by atoms with E-state index in [9.17, 15) is 13.2 Å². The molecule has 0 spiro atoms. The summed E-state index contributed by atoms with van der Waals surface area (Å²) in [6.45, 7) is 0.580. The van der Waals surface area contributed by atoms with E-state index in [4.69, 9.17) is 24.9 Å². The van der Waals surface area contributed by atoms with Gasteiger partial charge in [-0.05, 0) is 0 Å². The summed E-state index contributed by atoms with van der Waals surface area (Å²) in [6, 6.07) is 3.41. The minimum Gasteiger partial charge on any atom is -0.496 e. The normalized spacial score (nSPS) is 17.9. The molecule has 1 saturated heterocycles. The number of rotatable bonds is 7. The van der Waals surface area contributed by atoms with Crippen molar-refractivity contribution in [2.24, 2.45) is 5.92 Å². The molecule has 134 valence electrons. The van der Waals surface area contributed by atoms with Crippen LogP contribution in [0.4, 0.5) is 0 Å². The van der Waals surface area contributed by atoms with Crippen molar-refractivity contribution in [2.45, 2.75) is 13.0 Å². The highest BCUT2D eigenvalue weighted by Crippen LogP contribution is 2.36. The average molecular weight is 378 g/mol. The summed E-state index contributed by atoms with van der Waals surface area (Å²) < 4.78 is 38.4. The van der Waals surface area contributed by atoms with E-state index in [2.05, 4.69) is 0 Å². The van der Waals surface area contributed by atoms with Gasteiger partial charge in [0.15, 0.2) is 0 Å². The largest absolute Gasteiger partial charge is 0.496 e. The van der Waals surface area contributed by atoms with Crippen molar-refractivity contribution in [3.05, 3.63) is 17.7 Å². The summed E-state index contributed by atoms with van der Waals surface area (Å²) in [7, 11) is 6.23. The molecule has 1 aliphatic rings. The van der Waals surface area contributed by atoms with Gasteiger partial charge in [0, 0.05) is 41.7 Å². The van der Waals surface area contributed by atoms with Crippen LogP contribution in [-0.4, -0.2) is 52.9 Å². The molecule has 2 rings (SSSR count). The van der Waals surface area contributed by atoms with Crippen molar-refractivity contribution in [3.8, 4) is 17.2 Å². The topological polar surface area (TPSA) is 82.1 Å². The van der Waals surface area contributed by atoms with Gasteiger partial charge in [0.2, 0.25) is 15.0 Å².